The Hall–Kier alpha value is -2.87. The van der Waals surface area contributed by atoms with E-state index < -0.39 is 57.4 Å². The van der Waals surface area contributed by atoms with Gasteiger partial charge in [0.15, 0.2) is 6.10 Å². The third-order valence-electron chi connectivity index (χ3n) is 11.4. The number of hydrogen-bond acceptors (Lipinski definition) is 12. The van der Waals surface area contributed by atoms with Gasteiger partial charge in [0.25, 0.3) is 7.82 Å². The number of ether oxygens (including phenoxy) is 2. The van der Waals surface area contributed by atoms with Crippen LogP contribution in [0.5, 0.6) is 0 Å². The zero-order valence-corrected chi connectivity index (χ0v) is 42.8. The second kappa shape index (κ2) is 37.1. The number of likely N-dealkylation sites (N-methyl/N-ethyl adjacent to an activating group) is 1. The van der Waals surface area contributed by atoms with Gasteiger partial charge in [0, 0.05) is 25.7 Å². The van der Waals surface area contributed by atoms with Gasteiger partial charge < -0.3 is 47.6 Å². The Balaban J connectivity index is 2.43. The lowest BCUT2D eigenvalue weighted by molar-refractivity contribution is -0.870. The van der Waals surface area contributed by atoms with Crippen LogP contribution in [0.2, 0.25) is 0 Å². The number of quaternary nitrogens is 1. The summed E-state index contributed by atoms with van der Waals surface area (Å²) in [6.45, 7) is 8.04. The maximum absolute atomic E-state index is 12.8. The van der Waals surface area contributed by atoms with Crippen molar-refractivity contribution in [2.24, 2.45) is 0 Å². The van der Waals surface area contributed by atoms with Gasteiger partial charge in [-0.05, 0) is 63.5 Å². The van der Waals surface area contributed by atoms with Crippen LogP contribution in [0.1, 0.15) is 171 Å². The molecule has 0 amide bonds. The molecule has 0 spiro atoms. The molecule has 1 heterocycles. The first-order chi connectivity index (χ1) is 31.5. The first-order valence-corrected chi connectivity index (χ1v) is 26.5. The molecule has 0 aliphatic heterocycles. The lowest BCUT2D eigenvalue weighted by Crippen LogP contribution is -2.37. The zero-order valence-electron chi connectivity index (χ0n) is 41.9. The maximum atomic E-state index is 12.8. The standard InChI is InChI=1S/C52H90NO12P/c1-8-10-24-31-45(54)32-26-20-18-19-21-27-33-47(55)48(56)34-30-38-51(57)61-41-46(42-63-66(59,60)62-40-39-53(5,6)7)64-52(58)37-29-23-17-15-13-12-14-16-22-28-36-50-44(4)43(3)49(65-50)35-25-11-9-2/h18-21,26-27,32-33,45-48,54-56H,8-17,22-25,28-31,34-42H2,1-7H3/b20-18-,21-19+,32-26+,33-27+/t45-,46-,47-,48-/m1/s1. The van der Waals surface area contributed by atoms with Crippen molar-refractivity contribution in [3.05, 3.63) is 71.3 Å². The zero-order chi connectivity index (χ0) is 49.1. The summed E-state index contributed by atoms with van der Waals surface area (Å²) < 4.78 is 40.0. The minimum absolute atomic E-state index is 0.0833. The predicted molar refractivity (Wildman–Crippen MR) is 262 cm³/mol. The van der Waals surface area contributed by atoms with E-state index >= 15 is 0 Å². The van der Waals surface area contributed by atoms with E-state index in [0.717, 1.165) is 76.4 Å². The molecule has 0 bridgehead atoms. The Labute approximate surface area is 398 Å². The highest BCUT2D eigenvalue weighted by atomic mass is 31.2. The van der Waals surface area contributed by atoms with Crippen LogP contribution in [-0.2, 0) is 45.5 Å². The number of phosphoric ester groups is 1. The number of carbonyl (C=O) groups excluding carboxylic acids is 2. The summed E-state index contributed by atoms with van der Waals surface area (Å²) in [7, 11) is 0.955. The van der Waals surface area contributed by atoms with Gasteiger partial charge in [-0.25, -0.2) is 0 Å². The summed E-state index contributed by atoms with van der Waals surface area (Å²) in [6, 6.07) is 0. The van der Waals surface area contributed by atoms with Crippen LogP contribution in [0.4, 0.5) is 0 Å². The number of hydrogen-bond donors (Lipinski definition) is 3. The number of unbranched alkanes of at least 4 members (excludes halogenated alkanes) is 13. The number of aryl methyl sites for hydroxylation is 2. The summed E-state index contributed by atoms with van der Waals surface area (Å²) in [4.78, 5) is 37.8. The highest BCUT2D eigenvalue weighted by Gasteiger charge is 2.22. The summed E-state index contributed by atoms with van der Waals surface area (Å²) in [5.74, 6) is 1.15. The fourth-order valence-electron chi connectivity index (χ4n) is 7.04. The van der Waals surface area contributed by atoms with E-state index in [-0.39, 0.29) is 32.3 Å². The normalized spacial score (nSPS) is 15.3. The number of furan rings is 1. The molecule has 1 rings (SSSR count). The molecular weight excluding hydrogens is 862 g/mol. The Kier molecular flexibility index (Phi) is 34.4. The second-order valence-electron chi connectivity index (χ2n) is 18.6. The van der Waals surface area contributed by atoms with Gasteiger partial charge >= 0.3 is 11.9 Å². The highest BCUT2D eigenvalue weighted by molar-refractivity contribution is 7.45. The van der Waals surface area contributed by atoms with E-state index in [1.165, 1.54) is 67.9 Å². The minimum Gasteiger partial charge on any atom is -0.756 e. The number of aliphatic hydroxyl groups is 3. The van der Waals surface area contributed by atoms with Crippen molar-refractivity contribution in [1.82, 2.24) is 0 Å². The topological polar surface area (TPSA) is 185 Å². The first kappa shape index (κ1) is 61.1. The van der Waals surface area contributed by atoms with Crippen LogP contribution in [0.3, 0.4) is 0 Å². The Bertz CT molecular complexity index is 1600. The quantitative estimate of drug-likeness (QED) is 0.0186. The third-order valence-corrected chi connectivity index (χ3v) is 12.4. The number of nitrogens with zero attached hydrogens (tertiary/aromatic N) is 1. The van der Waals surface area contributed by atoms with Gasteiger partial charge in [-0.15, -0.1) is 0 Å². The predicted octanol–water partition coefficient (Wildman–Crippen LogP) is 10.2. The van der Waals surface area contributed by atoms with Crippen LogP contribution in [0, 0.1) is 13.8 Å². The first-order valence-electron chi connectivity index (χ1n) is 25.0. The monoisotopic (exact) mass is 952 g/mol. The summed E-state index contributed by atoms with van der Waals surface area (Å²) in [6.07, 6.45) is 30.4. The van der Waals surface area contributed by atoms with E-state index in [9.17, 15) is 34.4 Å². The van der Waals surface area contributed by atoms with Gasteiger partial charge in [0.2, 0.25) is 0 Å². The molecule has 13 nitrogen and oxygen atoms in total. The van der Waals surface area contributed by atoms with Gasteiger partial charge in [0.1, 0.15) is 31.3 Å². The van der Waals surface area contributed by atoms with Crippen molar-refractivity contribution in [2.75, 3.05) is 47.5 Å². The number of aliphatic hydroxyl groups excluding tert-OH is 3. The molecule has 0 saturated carbocycles. The average molecular weight is 952 g/mol. The molecular formula is C52H90NO12P. The van der Waals surface area contributed by atoms with Crippen LogP contribution in [-0.4, -0.2) is 104 Å². The number of allylic oxidation sites excluding steroid dienone is 6. The van der Waals surface area contributed by atoms with Crippen LogP contribution in [0.25, 0.3) is 0 Å². The Morgan fingerprint density at radius 1 is 0.652 bits per heavy atom. The molecule has 0 aromatic carbocycles. The molecule has 0 radical (unpaired) electrons. The van der Waals surface area contributed by atoms with Crippen LogP contribution < -0.4 is 4.89 Å². The lowest BCUT2D eigenvalue weighted by Gasteiger charge is -2.28. The molecule has 5 atom stereocenters. The molecule has 66 heavy (non-hydrogen) atoms. The summed E-state index contributed by atoms with van der Waals surface area (Å²) in [5, 5.41) is 30.6. The molecule has 1 aromatic rings. The largest absolute Gasteiger partial charge is 0.756 e. The molecule has 3 N–H and O–H groups in total. The summed E-state index contributed by atoms with van der Waals surface area (Å²) >= 11 is 0. The molecule has 380 valence electrons. The Morgan fingerprint density at radius 2 is 1.17 bits per heavy atom. The van der Waals surface area contributed by atoms with Gasteiger partial charge in [-0.3, -0.25) is 14.2 Å². The van der Waals surface area contributed by atoms with E-state index in [4.69, 9.17) is 22.9 Å². The minimum atomic E-state index is -4.73. The van der Waals surface area contributed by atoms with E-state index in [1.807, 2.05) is 21.1 Å². The molecule has 0 saturated heterocycles. The lowest BCUT2D eigenvalue weighted by atomic mass is 10.0. The van der Waals surface area contributed by atoms with Crippen molar-refractivity contribution < 1.29 is 61.8 Å². The molecule has 0 fully saturated rings. The fourth-order valence-corrected chi connectivity index (χ4v) is 7.77. The number of esters is 2. The summed E-state index contributed by atoms with van der Waals surface area (Å²) in [5.41, 5.74) is 2.65. The maximum Gasteiger partial charge on any atom is 0.306 e. The fraction of sp³-hybridized carbons (Fsp3) is 0.731. The van der Waals surface area contributed by atoms with Gasteiger partial charge in [-0.1, -0.05) is 146 Å². The number of rotatable bonds is 41. The highest BCUT2D eigenvalue weighted by Crippen LogP contribution is 2.38. The van der Waals surface area contributed by atoms with E-state index in [0.29, 0.717) is 17.4 Å². The van der Waals surface area contributed by atoms with E-state index in [2.05, 4.69) is 27.7 Å². The molecule has 0 aliphatic rings. The van der Waals surface area contributed by atoms with Crippen molar-refractivity contribution in [1.29, 1.82) is 0 Å². The van der Waals surface area contributed by atoms with Gasteiger partial charge in [0.05, 0.1) is 46.1 Å². The molecule has 1 unspecified atom stereocenters. The number of carbonyl (C=O) groups is 2. The molecule has 1 aromatic heterocycles. The van der Waals surface area contributed by atoms with E-state index in [1.54, 1.807) is 42.5 Å². The average Bonchev–Trinajstić information content (AvgIpc) is 3.53. The Morgan fingerprint density at radius 3 is 1.76 bits per heavy atom. The number of phosphoric acid groups is 1. The molecule has 0 aliphatic carbocycles. The van der Waals surface area contributed by atoms with Crippen molar-refractivity contribution >= 4 is 19.8 Å². The smallest absolute Gasteiger partial charge is 0.306 e. The van der Waals surface area contributed by atoms with Crippen molar-refractivity contribution in [2.45, 2.75) is 200 Å². The van der Waals surface area contributed by atoms with Crippen LogP contribution >= 0.6 is 7.82 Å². The second-order valence-corrected chi connectivity index (χ2v) is 20.0. The van der Waals surface area contributed by atoms with Crippen molar-refractivity contribution in [3.63, 3.8) is 0 Å². The third kappa shape index (κ3) is 32.8. The molecule has 14 heteroatoms. The van der Waals surface area contributed by atoms with Gasteiger partial charge in [-0.2, -0.15) is 0 Å². The van der Waals surface area contributed by atoms with Crippen molar-refractivity contribution in [3.8, 4) is 0 Å². The van der Waals surface area contributed by atoms with Crippen LogP contribution in [0.15, 0.2) is 53.0 Å². The SMILES string of the molecule is CCCCCc1oc(CCCCCCCCCCCCC(=O)O[C@H](COC(=O)CCC[C@@H](O)[C@H](O)/C=C/C=C/C=C\C=C\[C@H](O)CCCCC)COP(=O)([O-])OCC[N+](C)(C)C)c(C)c1C.